The summed E-state index contributed by atoms with van der Waals surface area (Å²) in [6.07, 6.45) is 1.36. The molecule has 112 valence electrons. The molecule has 0 amide bonds. The molecule has 7 heteroatoms. The number of fused-ring (bicyclic) bond motifs is 1. The van der Waals surface area contributed by atoms with E-state index in [1.54, 1.807) is 0 Å². The molecule has 1 aliphatic rings. The molecule has 21 heavy (non-hydrogen) atoms. The number of ether oxygens (including phenoxy) is 1. The lowest BCUT2D eigenvalue weighted by molar-refractivity contribution is -0.146. The Morgan fingerprint density at radius 3 is 2.90 bits per heavy atom. The van der Waals surface area contributed by atoms with E-state index >= 15 is 0 Å². The van der Waals surface area contributed by atoms with Gasteiger partial charge in [-0.15, -0.1) is 10.2 Å². The smallest absolute Gasteiger partial charge is 0.309 e. The lowest BCUT2D eigenvalue weighted by atomic mass is 9.98. The van der Waals surface area contributed by atoms with Crippen molar-refractivity contribution in [1.82, 2.24) is 24.5 Å². The molecule has 1 atom stereocenters. The SMILES string of the molecule is COC(=O)C1CCn2c(nnc2Cn2nc(C)cc2C)C1. The third-order valence-corrected chi connectivity index (χ3v) is 3.96. The zero-order chi connectivity index (χ0) is 15.0. The highest BCUT2D eigenvalue weighted by atomic mass is 16.5. The summed E-state index contributed by atoms with van der Waals surface area (Å²) in [5.74, 6) is 1.48. The average molecular weight is 289 g/mol. The number of hydrogen-bond donors (Lipinski definition) is 0. The van der Waals surface area contributed by atoms with Gasteiger partial charge in [-0.3, -0.25) is 9.48 Å². The van der Waals surface area contributed by atoms with E-state index in [4.69, 9.17) is 4.74 Å². The first-order valence-electron chi connectivity index (χ1n) is 7.08. The number of rotatable bonds is 3. The molecule has 0 spiro atoms. The highest BCUT2D eigenvalue weighted by Crippen LogP contribution is 2.21. The molecule has 0 fully saturated rings. The number of carbonyl (C=O) groups excluding carboxylic acids is 1. The zero-order valence-corrected chi connectivity index (χ0v) is 12.5. The van der Waals surface area contributed by atoms with E-state index in [0.29, 0.717) is 13.0 Å². The molecule has 3 rings (SSSR count). The topological polar surface area (TPSA) is 74.8 Å². The summed E-state index contributed by atoms with van der Waals surface area (Å²) in [5.41, 5.74) is 2.10. The molecule has 0 radical (unpaired) electrons. The van der Waals surface area contributed by atoms with Gasteiger partial charge in [-0.05, 0) is 26.3 Å². The minimum absolute atomic E-state index is 0.103. The summed E-state index contributed by atoms with van der Waals surface area (Å²) >= 11 is 0. The van der Waals surface area contributed by atoms with Crippen molar-refractivity contribution in [3.63, 3.8) is 0 Å². The first kappa shape index (κ1) is 13.8. The Bertz CT molecular complexity index is 673. The van der Waals surface area contributed by atoms with Crippen molar-refractivity contribution in [3.05, 3.63) is 29.1 Å². The summed E-state index contributed by atoms with van der Waals surface area (Å²) in [5, 5.41) is 12.9. The van der Waals surface area contributed by atoms with Crippen LogP contribution in [0.15, 0.2) is 6.07 Å². The van der Waals surface area contributed by atoms with Gasteiger partial charge in [0, 0.05) is 18.7 Å². The van der Waals surface area contributed by atoms with Crippen LogP contribution in [0, 0.1) is 19.8 Å². The predicted octanol–water partition coefficient (Wildman–Crippen LogP) is 0.875. The number of methoxy groups -OCH3 is 1. The Kier molecular flexibility index (Phi) is 3.48. The fourth-order valence-corrected chi connectivity index (χ4v) is 2.84. The Morgan fingerprint density at radius 1 is 1.43 bits per heavy atom. The highest BCUT2D eigenvalue weighted by molar-refractivity contribution is 5.72. The monoisotopic (exact) mass is 289 g/mol. The summed E-state index contributed by atoms with van der Waals surface area (Å²) in [4.78, 5) is 11.6. The van der Waals surface area contributed by atoms with E-state index in [-0.39, 0.29) is 11.9 Å². The first-order valence-corrected chi connectivity index (χ1v) is 7.08. The maximum atomic E-state index is 11.6. The largest absolute Gasteiger partial charge is 0.469 e. The molecule has 1 aliphatic heterocycles. The summed E-state index contributed by atoms with van der Waals surface area (Å²) in [6.45, 7) is 5.36. The molecule has 2 aromatic heterocycles. The third kappa shape index (κ3) is 2.55. The average Bonchev–Trinajstić information content (AvgIpc) is 3.01. The zero-order valence-electron chi connectivity index (χ0n) is 12.5. The van der Waals surface area contributed by atoms with Crippen LogP contribution in [0.1, 0.15) is 29.5 Å². The fraction of sp³-hybridized carbons (Fsp3) is 0.571. The minimum atomic E-state index is -0.163. The number of esters is 1. The maximum absolute atomic E-state index is 11.6. The van der Waals surface area contributed by atoms with Gasteiger partial charge in [0.2, 0.25) is 0 Å². The first-order chi connectivity index (χ1) is 10.1. The van der Waals surface area contributed by atoms with Crippen molar-refractivity contribution in [2.75, 3.05) is 7.11 Å². The molecule has 0 aliphatic carbocycles. The van der Waals surface area contributed by atoms with E-state index in [9.17, 15) is 4.79 Å². The van der Waals surface area contributed by atoms with Gasteiger partial charge in [-0.2, -0.15) is 5.10 Å². The van der Waals surface area contributed by atoms with Crippen molar-refractivity contribution in [2.45, 2.75) is 39.8 Å². The van der Waals surface area contributed by atoms with Gasteiger partial charge in [0.15, 0.2) is 5.82 Å². The number of hydrogen-bond acceptors (Lipinski definition) is 5. The van der Waals surface area contributed by atoms with Gasteiger partial charge in [0.1, 0.15) is 12.4 Å². The normalized spacial score (nSPS) is 17.6. The van der Waals surface area contributed by atoms with Crippen LogP contribution in [0.5, 0.6) is 0 Å². The van der Waals surface area contributed by atoms with Crippen LogP contribution in [0.25, 0.3) is 0 Å². The van der Waals surface area contributed by atoms with Crippen LogP contribution in [0.4, 0.5) is 0 Å². The third-order valence-electron chi connectivity index (χ3n) is 3.96. The standard InChI is InChI=1S/C14H19N5O2/c1-9-6-10(2)19(17-9)8-13-16-15-12-7-11(14(20)21-3)4-5-18(12)13/h6,11H,4-5,7-8H2,1-3H3. The molecule has 7 nitrogen and oxygen atoms in total. The molecule has 0 saturated heterocycles. The fourth-order valence-electron chi connectivity index (χ4n) is 2.84. The van der Waals surface area contributed by atoms with E-state index in [1.165, 1.54) is 7.11 Å². The Hall–Kier alpha value is -2.18. The van der Waals surface area contributed by atoms with Crippen LogP contribution >= 0.6 is 0 Å². The second-order valence-electron chi connectivity index (χ2n) is 5.48. The predicted molar refractivity (Wildman–Crippen MR) is 74.7 cm³/mol. The van der Waals surface area contributed by atoms with Crippen molar-refractivity contribution in [2.24, 2.45) is 5.92 Å². The molecular formula is C14H19N5O2. The maximum Gasteiger partial charge on any atom is 0.309 e. The Labute approximate surface area is 122 Å². The van der Waals surface area contributed by atoms with E-state index in [1.807, 2.05) is 24.6 Å². The lowest BCUT2D eigenvalue weighted by Gasteiger charge is -2.21. The van der Waals surface area contributed by atoms with Crippen LogP contribution in [-0.4, -0.2) is 37.6 Å². The van der Waals surface area contributed by atoms with E-state index in [0.717, 1.165) is 36.0 Å². The van der Waals surface area contributed by atoms with Gasteiger partial charge in [-0.1, -0.05) is 0 Å². The second-order valence-corrected chi connectivity index (χ2v) is 5.48. The molecule has 0 aromatic carbocycles. The molecule has 1 unspecified atom stereocenters. The molecule has 3 heterocycles. The van der Waals surface area contributed by atoms with Gasteiger partial charge in [-0.25, -0.2) is 0 Å². The summed E-state index contributed by atoms with van der Waals surface area (Å²) < 4.78 is 8.84. The van der Waals surface area contributed by atoms with Gasteiger partial charge < -0.3 is 9.30 Å². The molecular weight excluding hydrogens is 270 g/mol. The van der Waals surface area contributed by atoms with Crippen molar-refractivity contribution < 1.29 is 9.53 Å². The summed E-state index contributed by atoms with van der Waals surface area (Å²) in [6, 6.07) is 2.04. The number of nitrogens with zero attached hydrogens (tertiary/aromatic N) is 5. The number of carbonyl (C=O) groups is 1. The van der Waals surface area contributed by atoms with E-state index < -0.39 is 0 Å². The minimum Gasteiger partial charge on any atom is -0.469 e. The number of aromatic nitrogens is 5. The Balaban J connectivity index is 1.80. The van der Waals surface area contributed by atoms with E-state index in [2.05, 4.69) is 19.9 Å². The van der Waals surface area contributed by atoms with Crippen molar-refractivity contribution in [3.8, 4) is 0 Å². The van der Waals surface area contributed by atoms with Crippen LogP contribution in [0.2, 0.25) is 0 Å². The summed E-state index contributed by atoms with van der Waals surface area (Å²) in [7, 11) is 1.43. The van der Waals surface area contributed by atoms with Gasteiger partial charge >= 0.3 is 5.97 Å². The number of aryl methyl sites for hydroxylation is 2. The van der Waals surface area contributed by atoms with Crippen LogP contribution < -0.4 is 0 Å². The second kappa shape index (κ2) is 5.31. The molecule has 0 saturated carbocycles. The Morgan fingerprint density at radius 2 is 2.24 bits per heavy atom. The van der Waals surface area contributed by atoms with Crippen LogP contribution in [0.3, 0.4) is 0 Å². The lowest BCUT2D eigenvalue weighted by Crippen LogP contribution is -2.28. The highest BCUT2D eigenvalue weighted by Gasteiger charge is 2.28. The van der Waals surface area contributed by atoms with Crippen LogP contribution in [-0.2, 0) is 29.0 Å². The van der Waals surface area contributed by atoms with Crippen molar-refractivity contribution in [1.29, 1.82) is 0 Å². The molecule has 0 N–H and O–H groups in total. The quantitative estimate of drug-likeness (QED) is 0.784. The van der Waals surface area contributed by atoms with Gasteiger partial charge in [0.05, 0.1) is 18.7 Å². The van der Waals surface area contributed by atoms with Crippen molar-refractivity contribution >= 4 is 5.97 Å². The molecule has 0 bridgehead atoms. The van der Waals surface area contributed by atoms with Gasteiger partial charge in [0.25, 0.3) is 0 Å². The molecule has 2 aromatic rings.